The van der Waals surface area contributed by atoms with Crippen LogP contribution < -0.4 is 10.2 Å². The van der Waals surface area contributed by atoms with Gasteiger partial charge in [-0.1, -0.05) is 17.7 Å². The van der Waals surface area contributed by atoms with E-state index in [9.17, 15) is 9.59 Å². The molecule has 4 rings (SSSR count). The molecule has 0 saturated heterocycles. The minimum absolute atomic E-state index is 0.210. The molecule has 1 atom stereocenters. The molecule has 3 aromatic rings. The Balaban J connectivity index is 1.77. The van der Waals surface area contributed by atoms with Gasteiger partial charge in [-0.05, 0) is 38.1 Å². The third kappa shape index (κ3) is 3.39. The van der Waals surface area contributed by atoms with Crippen LogP contribution in [0.3, 0.4) is 0 Å². The molecule has 0 saturated carbocycles. The molecule has 1 aromatic carbocycles. The fraction of sp³-hybridized carbons (Fsp3) is 0.318. The second kappa shape index (κ2) is 7.79. The molecule has 156 valence electrons. The molecule has 0 aliphatic carbocycles. The summed E-state index contributed by atoms with van der Waals surface area (Å²) in [4.78, 5) is 28.3. The lowest BCUT2D eigenvalue weighted by Crippen LogP contribution is -2.64. The molecule has 0 unspecified atom stereocenters. The van der Waals surface area contributed by atoms with Crippen molar-refractivity contribution in [3.05, 3.63) is 60.0 Å². The Morgan fingerprint density at radius 1 is 1.30 bits per heavy atom. The molecule has 1 N–H and O–H groups in total. The number of aromatic nitrogens is 2. The van der Waals surface area contributed by atoms with E-state index in [1.165, 1.54) is 0 Å². The fourth-order valence-corrected chi connectivity index (χ4v) is 3.68. The van der Waals surface area contributed by atoms with E-state index in [4.69, 9.17) is 9.15 Å². The average molecular weight is 408 g/mol. The van der Waals surface area contributed by atoms with Crippen LogP contribution in [0.15, 0.2) is 53.1 Å². The third-order valence-corrected chi connectivity index (χ3v) is 5.30. The molecule has 1 aliphatic heterocycles. The summed E-state index contributed by atoms with van der Waals surface area (Å²) < 4.78 is 12.0. The second-order valence-corrected chi connectivity index (χ2v) is 7.55. The molecule has 3 heterocycles. The first kappa shape index (κ1) is 19.9. The van der Waals surface area contributed by atoms with Crippen LogP contribution in [0, 0.1) is 6.92 Å². The van der Waals surface area contributed by atoms with E-state index >= 15 is 0 Å². The first-order valence-corrected chi connectivity index (χ1v) is 9.74. The first-order valence-electron chi connectivity index (χ1n) is 9.74. The summed E-state index contributed by atoms with van der Waals surface area (Å²) >= 11 is 0. The van der Waals surface area contributed by atoms with Crippen molar-refractivity contribution in [2.24, 2.45) is 0 Å². The van der Waals surface area contributed by atoms with E-state index in [0.29, 0.717) is 36.0 Å². The Labute approximate surface area is 174 Å². The van der Waals surface area contributed by atoms with E-state index < -0.39 is 5.54 Å². The van der Waals surface area contributed by atoms with Gasteiger partial charge in [0, 0.05) is 25.4 Å². The molecule has 0 spiro atoms. The Morgan fingerprint density at radius 3 is 2.73 bits per heavy atom. The summed E-state index contributed by atoms with van der Waals surface area (Å²) in [7, 11) is 1.57. The number of fused-ring (bicyclic) bond motifs is 1. The van der Waals surface area contributed by atoms with E-state index in [1.54, 1.807) is 48.1 Å². The summed E-state index contributed by atoms with van der Waals surface area (Å²) in [6, 6.07) is 12.8. The highest BCUT2D eigenvalue weighted by Gasteiger charge is 2.48. The number of carbonyl (C=O) groups excluding carboxylic acids is 2. The Bertz CT molecular complexity index is 1060. The van der Waals surface area contributed by atoms with Crippen LogP contribution in [0.5, 0.6) is 0 Å². The minimum atomic E-state index is -1.17. The van der Waals surface area contributed by atoms with Crippen LogP contribution in [0.25, 0.3) is 11.5 Å². The third-order valence-electron chi connectivity index (χ3n) is 5.30. The number of nitrogens with one attached hydrogen (secondary N) is 1. The largest absolute Gasteiger partial charge is 0.463 e. The number of nitrogens with zero attached hydrogens (tertiary/aromatic N) is 3. The van der Waals surface area contributed by atoms with E-state index in [2.05, 4.69) is 10.4 Å². The Morgan fingerprint density at radius 2 is 2.07 bits per heavy atom. The quantitative estimate of drug-likeness (QED) is 0.634. The molecule has 8 nitrogen and oxygen atoms in total. The number of furan rings is 1. The number of anilines is 1. The Hall–Kier alpha value is -3.39. The van der Waals surface area contributed by atoms with E-state index in [0.717, 1.165) is 5.56 Å². The van der Waals surface area contributed by atoms with Gasteiger partial charge in [-0.25, -0.2) is 0 Å². The fourth-order valence-electron chi connectivity index (χ4n) is 3.68. The predicted octanol–water partition coefficient (Wildman–Crippen LogP) is 2.63. The summed E-state index contributed by atoms with van der Waals surface area (Å²) in [5.74, 6) is 0.00630. The van der Waals surface area contributed by atoms with Crippen LogP contribution in [0.2, 0.25) is 0 Å². The summed E-state index contributed by atoms with van der Waals surface area (Å²) in [6.45, 7) is 4.68. The van der Waals surface area contributed by atoms with Crippen molar-refractivity contribution in [3.63, 3.8) is 0 Å². The summed E-state index contributed by atoms with van der Waals surface area (Å²) in [5.41, 5.74) is 1.52. The van der Waals surface area contributed by atoms with Gasteiger partial charge in [-0.2, -0.15) is 5.10 Å². The van der Waals surface area contributed by atoms with Crippen LogP contribution in [0.1, 0.15) is 23.0 Å². The lowest BCUT2D eigenvalue weighted by Gasteiger charge is -2.43. The van der Waals surface area contributed by atoms with Gasteiger partial charge in [-0.3, -0.25) is 19.2 Å². The van der Waals surface area contributed by atoms with Crippen molar-refractivity contribution >= 4 is 17.5 Å². The van der Waals surface area contributed by atoms with Gasteiger partial charge in [0.15, 0.2) is 5.76 Å². The van der Waals surface area contributed by atoms with Crippen molar-refractivity contribution in [3.8, 4) is 11.5 Å². The van der Waals surface area contributed by atoms with Gasteiger partial charge in [0.1, 0.15) is 16.9 Å². The molecule has 0 radical (unpaired) electrons. The molecular weight excluding hydrogens is 384 g/mol. The van der Waals surface area contributed by atoms with Crippen LogP contribution in [-0.4, -0.2) is 47.4 Å². The van der Waals surface area contributed by atoms with Crippen molar-refractivity contribution in [2.75, 3.05) is 25.2 Å². The number of benzene rings is 1. The maximum absolute atomic E-state index is 13.6. The van der Waals surface area contributed by atoms with Crippen LogP contribution in [0.4, 0.5) is 5.69 Å². The minimum Gasteiger partial charge on any atom is -0.463 e. The molecule has 2 amide bonds. The van der Waals surface area contributed by atoms with Crippen molar-refractivity contribution in [1.29, 1.82) is 0 Å². The number of aryl methyl sites for hydroxylation is 1. The highest BCUT2D eigenvalue weighted by molar-refractivity contribution is 6.12. The SMILES string of the molecule is COCCNC(=O)[C@@]1(C)Cn2nc(-c3ccco3)cc2C(=O)N1c1ccc(C)cc1. The van der Waals surface area contributed by atoms with Gasteiger partial charge in [0.05, 0.1) is 19.4 Å². The number of ether oxygens (including phenoxy) is 1. The van der Waals surface area contributed by atoms with Crippen molar-refractivity contribution < 1.29 is 18.7 Å². The van der Waals surface area contributed by atoms with Gasteiger partial charge >= 0.3 is 0 Å². The molecule has 0 bridgehead atoms. The van der Waals surface area contributed by atoms with Gasteiger partial charge < -0.3 is 14.5 Å². The average Bonchev–Trinajstić information content (AvgIpc) is 3.39. The van der Waals surface area contributed by atoms with E-state index in [-0.39, 0.29) is 18.4 Å². The zero-order chi connectivity index (χ0) is 21.3. The van der Waals surface area contributed by atoms with Crippen LogP contribution >= 0.6 is 0 Å². The number of amides is 2. The molecule has 8 heteroatoms. The Kier molecular flexibility index (Phi) is 5.17. The lowest BCUT2D eigenvalue weighted by molar-refractivity contribution is -0.126. The molecule has 2 aromatic heterocycles. The molecule has 0 fully saturated rings. The first-order chi connectivity index (χ1) is 14.4. The highest BCUT2D eigenvalue weighted by atomic mass is 16.5. The summed E-state index contributed by atoms with van der Waals surface area (Å²) in [5, 5.41) is 7.40. The van der Waals surface area contributed by atoms with Gasteiger partial charge in [-0.15, -0.1) is 0 Å². The maximum Gasteiger partial charge on any atom is 0.277 e. The highest BCUT2D eigenvalue weighted by Crippen LogP contribution is 2.34. The maximum atomic E-state index is 13.6. The monoisotopic (exact) mass is 408 g/mol. The molecule has 1 aliphatic rings. The lowest BCUT2D eigenvalue weighted by atomic mass is 9.94. The number of methoxy groups -OCH3 is 1. The summed E-state index contributed by atoms with van der Waals surface area (Å²) in [6.07, 6.45) is 1.56. The van der Waals surface area contributed by atoms with E-state index in [1.807, 2.05) is 31.2 Å². The second-order valence-electron chi connectivity index (χ2n) is 7.55. The number of carbonyl (C=O) groups is 2. The standard InChI is InChI=1S/C22H24N4O4/c1-15-6-8-16(9-7-15)26-20(27)18-13-17(19-5-4-11-30-19)24-25(18)14-22(26,2)21(28)23-10-12-29-3/h4-9,11,13H,10,12,14H2,1-3H3,(H,23,28)/t22-/m1/s1. The smallest absolute Gasteiger partial charge is 0.277 e. The predicted molar refractivity (Wildman–Crippen MR) is 111 cm³/mol. The van der Waals surface area contributed by atoms with Gasteiger partial charge in [0.25, 0.3) is 5.91 Å². The topological polar surface area (TPSA) is 89.6 Å². The number of hydrogen-bond donors (Lipinski definition) is 1. The van der Waals surface area contributed by atoms with Crippen molar-refractivity contribution in [1.82, 2.24) is 15.1 Å². The van der Waals surface area contributed by atoms with Gasteiger partial charge in [0.2, 0.25) is 5.91 Å². The number of rotatable bonds is 6. The molecular formula is C22H24N4O4. The molecule has 30 heavy (non-hydrogen) atoms. The zero-order valence-electron chi connectivity index (χ0n) is 17.2. The zero-order valence-corrected chi connectivity index (χ0v) is 17.2. The van der Waals surface area contributed by atoms with Crippen molar-refractivity contribution in [2.45, 2.75) is 25.9 Å². The normalized spacial score (nSPS) is 18.4. The number of hydrogen-bond acceptors (Lipinski definition) is 5. The van der Waals surface area contributed by atoms with Crippen LogP contribution in [-0.2, 0) is 16.1 Å².